The fourth-order valence-electron chi connectivity index (χ4n) is 4.29. The summed E-state index contributed by atoms with van der Waals surface area (Å²) in [6, 6.07) is 12.7. The van der Waals surface area contributed by atoms with Crippen LogP contribution in [0.3, 0.4) is 0 Å². The Morgan fingerprint density at radius 3 is 2.50 bits per heavy atom. The van der Waals surface area contributed by atoms with E-state index in [-0.39, 0.29) is 17.3 Å². The maximum Gasteiger partial charge on any atom is 0.308 e. The first-order chi connectivity index (χ1) is 11.5. The van der Waals surface area contributed by atoms with Crippen LogP contribution in [0.1, 0.15) is 44.7 Å². The topological polar surface area (TPSA) is 39.2 Å². The van der Waals surface area contributed by atoms with Crippen molar-refractivity contribution >= 4 is 5.97 Å². The van der Waals surface area contributed by atoms with Gasteiger partial charge in [-0.15, -0.1) is 0 Å². The molecule has 1 aliphatic carbocycles. The lowest BCUT2D eigenvalue weighted by atomic mass is 9.68. The van der Waals surface area contributed by atoms with E-state index in [2.05, 4.69) is 49.2 Å². The molecule has 1 aromatic heterocycles. The number of pyridine rings is 1. The van der Waals surface area contributed by atoms with Gasteiger partial charge in [0.05, 0.1) is 18.7 Å². The van der Waals surface area contributed by atoms with E-state index >= 15 is 0 Å². The molecule has 0 N–H and O–H groups in total. The Hall–Kier alpha value is -2.16. The number of fused-ring (bicyclic) bond motifs is 3. The van der Waals surface area contributed by atoms with E-state index in [4.69, 9.17) is 4.74 Å². The highest BCUT2D eigenvalue weighted by Crippen LogP contribution is 2.54. The van der Waals surface area contributed by atoms with Gasteiger partial charge in [-0.05, 0) is 36.0 Å². The van der Waals surface area contributed by atoms with Crippen molar-refractivity contribution in [2.24, 2.45) is 11.8 Å². The number of rotatable bonds is 5. The lowest BCUT2D eigenvalue weighted by Crippen LogP contribution is -2.32. The SMILES string of the molecule is COC(=O)[C@@H](C)CC1(CC(C)C)c2ccccc2-c2ncccc21. The highest BCUT2D eigenvalue weighted by Gasteiger charge is 2.45. The summed E-state index contributed by atoms with van der Waals surface area (Å²) >= 11 is 0. The molecule has 3 nitrogen and oxygen atoms in total. The van der Waals surface area contributed by atoms with Gasteiger partial charge in [-0.25, -0.2) is 0 Å². The van der Waals surface area contributed by atoms with Crippen LogP contribution < -0.4 is 0 Å². The average molecular weight is 323 g/mol. The Balaban J connectivity index is 2.19. The third kappa shape index (κ3) is 2.62. The molecule has 1 heterocycles. The molecule has 0 bridgehead atoms. The van der Waals surface area contributed by atoms with Crippen molar-refractivity contribution in [3.05, 3.63) is 53.7 Å². The van der Waals surface area contributed by atoms with Crippen LogP contribution in [0, 0.1) is 11.8 Å². The van der Waals surface area contributed by atoms with Gasteiger partial charge in [0.15, 0.2) is 0 Å². The average Bonchev–Trinajstić information content (AvgIpc) is 2.84. The molecule has 0 saturated heterocycles. The summed E-state index contributed by atoms with van der Waals surface area (Å²) < 4.78 is 4.99. The second-order valence-corrected chi connectivity index (χ2v) is 7.25. The lowest BCUT2D eigenvalue weighted by Gasteiger charge is -2.35. The maximum absolute atomic E-state index is 12.1. The molecule has 0 amide bonds. The second kappa shape index (κ2) is 6.39. The molecular weight excluding hydrogens is 298 g/mol. The number of benzene rings is 1. The Kier molecular flexibility index (Phi) is 4.44. The largest absolute Gasteiger partial charge is 0.469 e. The van der Waals surface area contributed by atoms with Crippen molar-refractivity contribution in [1.29, 1.82) is 0 Å². The summed E-state index contributed by atoms with van der Waals surface area (Å²) in [4.78, 5) is 16.8. The van der Waals surface area contributed by atoms with Crippen LogP contribution in [0.15, 0.2) is 42.6 Å². The molecule has 24 heavy (non-hydrogen) atoms. The van der Waals surface area contributed by atoms with Gasteiger partial charge in [-0.1, -0.05) is 51.1 Å². The summed E-state index contributed by atoms with van der Waals surface area (Å²) in [7, 11) is 1.46. The van der Waals surface area contributed by atoms with Gasteiger partial charge < -0.3 is 4.74 Å². The molecule has 0 saturated carbocycles. The minimum atomic E-state index is -0.179. The molecule has 1 aromatic carbocycles. The molecule has 0 radical (unpaired) electrons. The van der Waals surface area contributed by atoms with E-state index in [9.17, 15) is 4.79 Å². The van der Waals surface area contributed by atoms with Crippen molar-refractivity contribution in [3.8, 4) is 11.3 Å². The molecule has 126 valence electrons. The minimum Gasteiger partial charge on any atom is -0.469 e. The molecule has 1 aliphatic rings. The summed E-state index contributed by atoms with van der Waals surface area (Å²) in [5.41, 5.74) is 4.62. The van der Waals surface area contributed by atoms with Gasteiger partial charge in [0, 0.05) is 17.2 Å². The Labute approximate surface area is 144 Å². The van der Waals surface area contributed by atoms with Gasteiger partial charge in [0.1, 0.15) is 0 Å². The Morgan fingerprint density at radius 1 is 1.08 bits per heavy atom. The Morgan fingerprint density at radius 2 is 1.79 bits per heavy atom. The molecule has 2 atom stereocenters. The van der Waals surface area contributed by atoms with E-state index in [1.165, 1.54) is 23.8 Å². The number of aromatic nitrogens is 1. The number of carbonyl (C=O) groups is 1. The van der Waals surface area contributed by atoms with Crippen LogP contribution in [-0.4, -0.2) is 18.1 Å². The van der Waals surface area contributed by atoms with Crippen LogP contribution in [0.25, 0.3) is 11.3 Å². The van der Waals surface area contributed by atoms with E-state index in [0.29, 0.717) is 5.92 Å². The van der Waals surface area contributed by atoms with Crippen molar-refractivity contribution in [3.63, 3.8) is 0 Å². The fraction of sp³-hybridized carbons (Fsp3) is 0.429. The fourth-order valence-corrected chi connectivity index (χ4v) is 4.29. The molecular formula is C21H25NO2. The highest BCUT2D eigenvalue weighted by atomic mass is 16.5. The number of ether oxygens (including phenoxy) is 1. The number of methoxy groups -OCH3 is 1. The monoisotopic (exact) mass is 323 g/mol. The summed E-state index contributed by atoms with van der Waals surface area (Å²) in [5, 5.41) is 0. The molecule has 0 fully saturated rings. The van der Waals surface area contributed by atoms with Crippen molar-refractivity contribution in [2.45, 2.75) is 39.0 Å². The predicted octanol–water partition coefficient (Wildman–Crippen LogP) is 4.59. The molecule has 3 rings (SSSR count). The highest BCUT2D eigenvalue weighted by molar-refractivity contribution is 5.79. The number of hydrogen-bond acceptors (Lipinski definition) is 3. The van der Waals surface area contributed by atoms with Crippen molar-refractivity contribution in [1.82, 2.24) is 4.98 Å². The van der Waals surface area contributed by atoms with Crippen LogP contribution in [0.5, 0.6) is 0 Å². The lowest BCUT2D eigenvalue weighted by molar-refractivity contribution is -0.145. The summed E-state index contributed by atoms with van der Waals surface area (Å²) in [6.45, 7) is 6.44. The minimum absolute atomic E-state index is 0.145. The predicted molar refractivity (Wildman–Crippen MR) is 95.7 cm³/mol. The van der Waals surface area contributed by atoms with Crippen LogP contribution in [-0.2, 0) is 14.9 Å². The van der Waals surface area contributed by atoms with Crippen molar-refractivity contribution < 1.29 is 9.53 Å². The van der Waals surface area contributed by atoms with E-state index in [1.54, 1.807) is 0 Å². The van der Waals surface area contributed by atoms with Crippen LogP contribution in [0.2, 0.25) is 0 Å². The zero-order valence-electron chi connectivity index (χ0n) is 14.9. The Bertz CT molecular complexity index is 706. The van der Waals surface area contributed by atoms with Gasteiger partial charge in [0.2, 0.25) is 0 Å². The molecule has 2 aromatic rings. The normalized spacial score (nSPS) is 19.7. The molecule has 0 spiro atoms. The molecule has 1 unspecified atom stereocenters. The van der Waals surface area contributed by atoms with Gasteiger partial charge >= 0.3 is 5.97 Å². The quantitative estimate of drug-likeness (QED) is 0.755. The zero-order valence-corrected chi connectivity index (χ0v) is 14.9. The van der Waals surface area contributed by atoms with Gasteiger partial charge in [-0.2, -0.15) is 0 Å². The van der Waals surface area contributed by atoms with Crippen LogP contribution in [0.4, 0.5) is 0 Å². The van der Waals surface area contributed by atoms with E-state index in [1.807, 2.05) is 19.2 Å². The summed E-state index contributed by atoms with van der Waals surface area (Å²) in [5.74, 6) is 0.204. The van der Waals surface area contributed by atoms with Crippen molar-refractivity contribution in [2.75, 3.05) is 7.11 Å². The molecule has 0 aliphatic heterocycles. The number of esters is 1. The smallest absolute Gasteiger partial charge is 0.308 e. The summed E-state index contributed by atoms with van der Waals surface area (Å²) in [6.07, 6.45) is 3.59. The standard InChI is InChI=1S/C21H25NO2/c1-14(2)12-21(13-15(3)20(23)24-4)17-9-6-5-8-16(17)19-18(21)10-7-11-22-19/h5-11,14-15H,12-13H2,1-4H3/t15-,21?/m0/s1. The first kappa shape index (κ1) is 16.7. The third-order valence-electron chi connectivity index (χ3n) is 5.04. The molecule has 3 heteroatoms. The first-order valence-electron chi connectivity index (χ1n) is 8.63. The van der Waals surface area contributed by atoms with Gasteiger partial charge in [0.25, 0.3) is 0 Å². The van der Waals surface area contributed by atoms with E-state index < -0.39 is 0 Å². The van der Waals surface area contributed by atoms with Crippen LogP contribution >= 0.6 is 0 Å². The first-order valence-corrected chi connectivity index (χ1v) is 8.63. The maximum atomic E-state index is 12.1. The zero-order chi connectivity index (χ0) is 17.3. The third-order valence-corrected chi connectivity index (χ3v) is 5.04. The van der Waals surface area contributed by atoms with E-state index in [0.717, 1.165) is 18.5 Å². The van der Waals surface area contributed by atoms with Gasteiger partial charge in [-0.3, -0.25) is 9.78 Å². The number of hydrogen-bond donors (Lipinski definition) is 0. The second-order valence-electron chi connectivity index (χ2n) is 7.25. The number of nitrogens with zero attached hydrogens (tertiary/aromatic N) is 1. The number of carbonyl (C=O) groups excluding carboxylic acids is 1.